The van der Waals surface area contributed by atoms with Crippen molar-refractivity contribution in [1.82, 2.24) is 0 Å². The predicted octanol–water partition coefficient (Wildman–Crippen LogP) is 4.77. The van der Waals surface area contributed by atoms with Crippen LogP contribution in [0.15, 0.2) is 64.9 Å². The topological polar surface area (TPSA) is 92.3 Å². The number of carbonyl (C=O) groups excluding carboxylic acids is 2. The Bertz CT molecular complexity index is 1170. The molecule has 0 fully saturated rings. The summed E-state index contributed by atoms with van der Waals surface area (Å²) < 4.78 is 28.3. The maximum Gasteiger partial charge on any atom is 0.262 e. The summed E-state index contributed by atoms with van der Waals surface area (Å²) in [6.45, 7) is 3.57. The molecular weight excluding hydrogens is 420 g/mol. The summed E-state index contributed by atoms with van der Waals surface area (Å²) in [6.07, 6.45) is 0.118. The average Bonchev–Trinajstić information content (AvgIpc) is 3.22. The molecule has 1 amide bonds. The molecule has 0 radical (unpaired) electrons. The van der Waals surface area contributed by atoms with Crippen LogP contribution in [-0.4, -0.2) is 20.1 Å². The van der Waals surface area contributed by atoms with E-state index in [9.17, 15) is 18.0 Å². The Labute approximate surface area is 180 Å². The molecule has 0 aliphatic rings. The van der Waals surface area contributed by atoms with Gasteiger partial charge in [-0.2, -0.15) is 0 Å². The molecule has 30 heavy (non-hydrogen) atoms. The predicted molar refractivity (Wildman–Crippen MR) is 120 cm³/mol. The molecule has 0 unspecified atom stereocenters. The smallest absolute Gasteiger partial charge is 0.262 e. The lowest BCUT2D eigenvalue weighted by molar-refractivity contribution is -0.116. The van der Waals surface area contributed by atoms with Crippen LogP contribution >= 0.6 is 11.3 Å². The van der Waals surface area contributed by atoms with Gasteiger partial charge in [-0.1, -0.05) is 24.3 Å². The van der Waals surface area contributed by atoms with Crippen LogP contribution in [0.2, 0.25) is 0 Å². The normalized spacial score (nSPS) is 11.1. The number of thiophene rings is 1. The van der Waals surface area contributed by atoms with E-state index >= 15 is 0 Å². The van der Waals surface area contributed by atoms with Gasteiger partial charge in [0, 0.05) is 24.2 Å². The number of nitrogens with one attached hydrogen (secondary N) is 2. The van der Waals surface area contributed by atoms with Gasteiger partial charge in [0.25, 0.3) is 10.0 Å². The lowest BCUT2D eigenvalue weighted by Gasteiger charge is -2.13. The highest BCUT2D eigenvalue weighted by molar-refractivity contribution is 7.92. The van der Waals surface area contributed by atoms with Crippen molar-refractivity contribution in [1.29, 1.82) is 0 Å². The van der Waals surface area contributed by atoms with E-state index in [0.29, 0.717) is 21.8 Å². The van der Waals surface area contributed by atoms with Crippen molar-refractivity contribution in [2.45, 2.75) is 31.6 Å². The maximum atomic E-state index is 12.9. The number of benzene rings is 2. The highest BCUT2D eigenvalue weighted by Gasteiger charge is 2.18. The monoisotopic (exact) mass is 442 g/mol. The zero-order valence-electron chi connectivity index (χ0n) is 16.6. The zero-order chi connectivity index (χ0) is 21.7. The first kappa shape index (κ1) is 21.7. The lowest BCUT2D eigenvalue weighted by atomic mass is 10.2. The molecule has 0 spiro atoms. The fourth-order valence-corrected chi connectivity index (χ4v) is 4.91. The standard InChI is InChI=1S/C22H22N2O4S2/c1-15-5-3-6-18(13-15)24-30(27,28)21-14-17(9-8-16(21)2)23-22(26)11-10-19(25)20-7-4-12-29-20/h3-9,12-14,24H,10-11H2,1-2H3,(H,23,26). The van der Waals surface area contributed by atoms with Crippen molar-refractivity contribution in [3.8, 4) is 0 Å². The minimum atomic E-state index is -3.83. The van der Waals surface area contributed by atoms with Gasteiger partial charge in [-0.25, -0.2) is 8.42 Å². The number of amides is 1. The Morgan fingerprint density at radius 2 is 1.73 bits per heavy atom. The van der Waals surface area contributed by atoms with Crippen LogP contribution in [0.5, 0.6) is 0 Å². The minimum absolute atomic E-state index is 0.0221. The molecule has 0 aliphatic heterocycles. The number of anilines is 2. The van der Waals surface area contributed by atoms with E-state index < -0.39 is 10.0 Å². The summed E-state index contributed by atoms with van der Waals surface area (Å²) >= 11 is 1.34. The molecule has 2 aromatic carbocycles. The molecule has 3 rings (SSSR count). The first-order valence-electron chi connectivity index (χ1n) is 9.31. The number of hydrogen-bond donors (Lipinski definition) is 2. The molecule has 6 nitrogen and oxygen atoms in total. The van der Waals surface area contributed by atoms with E-state index in [-0.39, 0.29) is 29.4 Å². The van der Waals surface area contributed by atoms with Crippen molar-refractivity contribution < 1.29 is 18.0 Å². The third kappa shape index (κ3) is 5.55. The molecule has 156 valence electrons. The summed E-state index contributed by atoms with van der Waals surface area (Å²) in [5.41, 5.74) is 2.32. The van der Waals surface area contributed by atoms with Crippen LogP contribution in [0.4, 0.5) is 11.4 Å². The summed E-state index contributed by atoms with van der Waals surface area (Å²) in [6, 6.07) is 15.3. The second kappa shape index (κ2) is 9.23. The SMILES string of the molecule is Cc1cccc(NS(=O)(=O)c2cc(NC(=O)CCC(=O)c3cccs3)ccc2C)c1. The number of Topliss-reactive ketones (excluding diaryl/α,β-unsaturated/α-hetero) is 1. The molecule has 0 saturated heterocycles. The van der Waals surface area contributed by atoms with Gasteiger partial charge in [0.05, 0.1) is 9.77 Å². The van der Waals surface area contributed by atoms with E-state index in [1.54, 1.807) is 49.4 Å². The van der Waals surface area contributed by atoms with E-state index in [2.05, 4.69) is 10.0 Å². The summed E-state index contributed by atoms with van der Waals surface area (Å²) in [5.74, 6) is -0.437. The van der Waals surface area contributed by atoms with Crippen LogP contribution in [0.1, 0.15) is 33.6 Å². The van der Waals surface area contributed by atoms with Gasteiger partial charge >= 0.3 is 0 Å². The van der Waals surface area contributed by atoms with Crippen LogP contribution < -0.4 is 10.0 Å². The van der Waals surface area contributed by atoms with Crippen LogP contribution in [-0.2, 0) is 14.8 Å². The number of carbonyl (C=O) groups is 2. The van der Waals surface area contributed by atoms with Gasteiger partial charge in [0.15, 0.2) is 5.78 Å². The van der Waals surface area contributed by atoms with Gasteiger partial charge < -0.3 is 5.32 Å². The fourth-order valence-electron chi connectivity index (χ4n) is 2.90. The van der Waals surface area contributed by atoms with Crippen LogP contribution in [0.25, 0.3) is 0 Å². The molecular formula is C22H22N2O4S2. The molecule has 0 bridgehead atoms. The second-order valence-electron chi connectivity index (χ2n) is 6.90. The number of aryl methyl sites for hydroxylation is 2. The first-order valence-corrected chi connectivity index (χ1v) is 11.7. The van der Waals surface area contributed by atoms with Gasteiger partial charge in [0.2, 0.25) is 5.91 Å². The molecule has 0 atom stereocenters. The Kier molecular flexibility index (Phi) is 6.69. The molecule has 3 aromatic rings. The Hall–Kier alpha value is -2.97. The number of hydrogen-bond acceptors (Lipinski definition) is 5. The van der Waals surface area contributed by atoms with E-state index in [1.165, 1.54) is 17.4 Å². The molecule has 0 aliphatic carbocycles. The number of rotatable bonds is 8. The molecule has 1 heterocycles. The summed E-state index contributed by atoms with van der Waals surface area (Å²) in [4.78, 5) is 25.0. The van der Waals surface area contributed by atoms with Gasteiger partial charge in [-0.15, -0.1) is 11.3 Å². The molecule has 1 aromatic heterocycles. The Morgan fingerprint density at radius 1 is 0.933 bits per heavy atom. The van der Waals surface area contributed by atoms with Crippen molar-refractivity contribution in [3.05, 3.63) is 76.0 Å². The molecule has 8 heteroatoms. The Morgan fingerprint density at radius 3 is 2.43 bits per heavy atom. The fraction of sp³-hybridized carbons (Fsp3) is 0.182. The van der Waals surface area contributed by atoms with Crippen LogP contribution in [0, 0.1) is 13.8 Å². The Balaban J connectivity index is 1.69. The van der Waals surface area contributed by atoms with Crippen LogP contribution in [0.3, 0.4) is 0 Å². The lowest BCUT2D eigenvalue weighted by Crippen LogP contribution is -2.16. The first-order chi connectivity index (χ1) is 14.2. The summed E-state index contributed by atoms with van der Waals surface area (Å²) in [5, 5.41) is 4.49. The van der Waals surface area contributed by atoms with Gasteiger partial charge in [-0.3, -0.25) is 14.3 Å². The molecule has 0 saturated carbocycles. The number of sulfonamides is 1. The van der Waals surface area contributed by atoms with Gasteiger partial charge in [-0.05, 0) is 60.7 Å². The maximum absolute atomic E-state index is 12.9. The van der Waals surface area contributed by atoms with Crippen molar-refractivity contribution in [2.75, 3.05) is 10.0 Å². The van der Waals surface area contributed by atoms with E-state index in [1.807, 2.05) is 18.4 Å². The average molecular weight is 443 g/mol. The van der Waals surface area contributed by atoms with Crippen molar-refractivity contribution in [2.24, 2.45) is 0 Å². The third-order valence-corrected chi connectivity index (χ3v) is 6.84. The quantitative estimate of drug-likeness (QED) is 0.492. The zero-order valence-corrected chi connectivity index (χ0v) is 18.3. The van der Waals surface area contributed by atoms with Crippen molar-refractivity contribution >= 4 is 44.4 Å². The second-order valence-corrected chi connectivity index (χ2v) is 9.50. The largest absolute Gasteiger partial charge is 0.326 e. The van der Waals surface area contributed by atoms with E-state index in [0.717, 1.165) is 5.56 Å². The highest BCUT2D eigenvalue weighted by Crippen LogP contribution is 2.24. The summed E-state index contributed by atoms with van der Waals surface area (Å²) in [7, 11) is -3.83. The number of ketones is 1. The van der Waals surface area contributed by atoms with Gasteiger partial charge in [0.1, 0.15) is 0 Å². The van der Waals surface area contributed by atoms with E-state index in [4.69, 9.17) is 0 Å². The third-order valence-electron chi connectivity index (χ3n) is 4.41. The highest BCUT2D eigenvalue weighted by atomic mass is 32.2. The van der Waals surface area contributed by atoms with Crippen molar-refractivity contribution in [3.63, 3.8) is 0 Å². The minimum Gasteiger partial charge on any atom is -0.326 e. The molecule has 2 N–H and O–H groups in total.